The molecule has 1 aromatic carbocycles. The van der Waals surface area contributed by atoms with Crippen LogP contribution in [0.15, 0.2) is 24.3 Å². The first-order chi connectivity index (χ1) is 9.15. The number of benzene rings is 1. The van der Waals surface area contributed by atoms with E-state index in [2.05, 4.69) is 12.2 Å². The molecule has 0 aliphatic carbocycles. The fraction of sp³-hybridized carbons (Fsp3) is 0.533. The van der Waals surface area contributed by atoms with Crippen LogP contribution < -0.4 is 5.32 Å². The van der Waals surface area contributed by atoms with Gasteiger partial charge in [-0.15, -0.1) is 0 Å². The third-order valence-corrected chi connectivity index (χ3v) is 2.96. The van der Waals surface area contributed by atoms with Crippen LogP contribution in [0.3, 0.4) is 0 Å². The van der Waals surface area contributed by atoms with E-state index in [-0.39, 0.29) is 11.7 Å². The molecule has 0 fully saturated rings. The summed E-state index contributed by atoms with van der Waals surface area (Å²) in [5, 5.41) is 2.89. The number of hydrogen-bond acceptors (Lipinski definition) is 2. The Morgan fingerprint density at radius 3 is 2.79 bits per heavy atom. The molecule has 3 nitrogen and oxygen atoms in total. The largest absolute Gasteiger partial charge is 0.355 e. The van der Waals surface area contributed by atoms with Crippen LogP contribution in [0.4, 0.5) is 4.39 Å². The van der Waals surface area contributed by atoms with Crippen molar-refractivity contribution in [1.29, 1.82) is 0 Å². The van der Waals surface area contributed by atoms with Crippen molar-refractivity contribution < 1.29 is 9.18 Å². The topological polar surface area (TPSA) is 32.3 Å². The second kappa shape index (κ2) is 8.64. The quantitative estimate of drug-likeness (QED) is 0.733. The lowest BCUT2D eigenvalue weighted by molar-refractivity contribution is -0.122. The van der Waals surface area contributed by atoms with Crippen LogP contribution in [-0.4, -0.2) is 30.4 Å². The summed E-state index contributed by atoms with van der Waals surface area (Å²) in [4.78, 5) is 13.7. The Kier molecular flexibility index (Phi) is 7.11. The monoisotopic (exact) mass is 266 g/mol. The van der Waals surface area contributed by atoms with E-state index in [0.29, 0.717) is 13.1 Å². The first kappa shape index (κ1) is 15.6. The minimum atomic E-state index is -0.235. The standard InChI is InChI=1S/C15H23FN2O/c1-3-5-9-17-15(19)12-18(4-2)11-13-7-6-8-14(16)10-13/h6-8,10H,3-5,9,11-12H2,1-2H3,(H,17,19). The maximum absolute atomic E-state index is 13.1. The number of halogens is 1. The second-order valence-corrected chi connectivity index (χ2v) is 4.64. The van der Waals surface area contributed by atoms with Crippen LogP contribution in [0.1, 0.15) is 32.3 Å². The van der Waals surface area contributed by atoms with Crippen molar-refractivity contribution >= 4 is 5.91 Å². The summed E-state index contributed by atoms with van der Waals surface area (Å²) < 4.78 is 13.1. The Labute approximate surface area is 114 Å². The summed E-state index contributed by atoms with van der Waals surface area (Å²) in [6.07, 6.45) is 2.07. The molecule has 19 heavy (non-hydrogen) atoms. The molecule has 1 N–H and O–H groups in total. The van der Waals surface area contributed by atoms with Crippen molar-refractivity contribution in [2.24, 2.45) is 0 Å². The first-order valence-corrected chi connectivity index (χ1v) is 6.89. The van der Waals surface area contributed by atoms with Gasteiger partial charge in [-0.25, -0.2) is 4.39 Å². The van der Waals surface area contributed by atoms with E-state index in [1.54, 1.807) is 6.07 Å². The molecule has 0 aliphatic rings. The Hall–Kier alpha value is -1.42. The molecule has 0 saturated heterocycles. The molecule has 1 amide bonds. The molecule has 0 unspecified atom stereocenters. The van der Waals surface area contributed by atoms with Gasteiger partial charge in [0.1, 0.15) is 5.82 Å². The van der Waals surface area contributed by atoms with Crippen LogP contribution in [-0.2, 0) is 11.3 Å². The highest BCUT2D eigenvalue weighted by Crippen LogP contribution is 2.07. The Bertz CT molecular complexity index is 395. The van der Waals surface area contributed by atoms with E-state index in [4.69, 9.17) is 0 Å². The van der Waals surface area contributed by atoms with E-state index in [1.807, 2.05) is 17.9 Å². The average molecular weight is 266 g/mol. The van der Waals surface area contributed by atoms with Gasteiger partial charge < -0.3 is 5.32 Å². The van der Waals surface area contributed by atoms with E-state index in [1.165, 1.54) is 12.1 Å². The number of hydrogen-bond donors (Lipinski definition) is 1. The van der Waals surface area contributed by atoms with Gasteiger partial charge in [0, 0.05) is 13.1 Å². The number of carbonyl (C=O) groups is 1. The lowest BCUT2D eigenvalue weighted by atomic mass is 10.2. The van der Waals surface area contributed by atoms with Crippen molar-refractivity contribution in [2.45, 2.75) is 33.2 Å². The first-order valence-electron chi connectivity index (χ1n) is 6.89. The van der Waals surface area contributed by atoms with Gasteiger partial charge in [-0.1, -0.05) is 32.4 Å². The number of nitrogens with zero attached hydrogens (tertiary/aromatic N) is 1. The Morgan fingerprint density at radius 1 is 1.37 bits per heavy atom. The van der Waals surface area contributed by atoms with Gasteiger partial charge in [0.25, 0.3) is 0 Å². The zero-order valence-corrected chi connectivity index (χ0v) is 11.8. The minimum absolute atomic E-state index is 0.0340. The van der Waals surface area contributed by atoms with Crippen molar-refractivity contribution in [1.82, 2.24) is 10.2 Å². The van der Waals surface area contributed by atoms with Crippen molar-refractivity contribution in [2.75, 3.05) is 19.6 Å². The van der Waals surface area contributed by atoms with Crippen LogP contribution in [0.25, 0.3) is 0 Å². The predicted molar refractivity (Wildman–Crippen MR) is 75.3 cm³/mol. The summed E-state index contributed by atoms with van der Waals surface area (Å²) in [5.74, 6) is -0.201. The van der Waals surface area contributed by atoms with Crippen molar-refractivity contribution in [3.8, 4) is 0 Å². The molecule has 106 valence electrons. The normalized spacial score (nSPS) is 10.7. The van der Waals surface area contributed by atoms with Crippen LogP contribution in [0.2, 0.25) is 0 Å². The number of rotatable bonds is 8. The van der Waals surface area contributed by atoms with Gasteiger partial charge in [0.05, 0.1) is 6.54 Å². The van der Waals surface area contributed by atoms with Crippen LogP contribution >= 0.6 is 0 Å². The Morgan fingerprint density at radius 2 is 2.16 bits per heavy atom. The molecule has 0 aromatic heterocycles. The summed E-state index contributed by atoms with van der Waals surface area (Å²) in [6.45, 7) is 6.53. The van der Waals surface area contributed by atoms with Gasteiger partial charge in [-0.05, 0) is 30.7 Å². The number of unbranched alkanes of at least 4 members (excludes halogenated alkanes) is 1. The molecular formula is C15H23FN2O. The third kappa shape index (κ3) is 6.34. The fourth-order valence-corrected chi connectivity index (χ4v) is 1.84. The van der Waals surface area contributed by atoms with Crippen molar-refractivity contribution in [3.05, 3.63) is 35.6 Å². The summed E-state index contributed by atoms with van der Waals surface area (Å²) in [6, 6.07) is 6.51. The zero-order chi connectivity index (χ0) is 14.1. The van der Waals surface area contributed by atoms with Gasteiger partial charge >= 0.3 is 0 Å². The van der Waals surface area contributed by atoms with E-state index in [0.717, 1.165) is 31.5 Å². The van der Waals surface area contributed by atoms with Gasteiger partial charge in [-0.3, -0.25) is 9.69 Å². The second-order valence-electron chi connectivity index (χ2n) is 4.64. The fourth-order valence-electron chi connectivity index (χ4n) is 1.84. The average Bonchev–Trinajstić information content (AvgIpc) is 2.38. The van der Waals surface area contributed by atoms with Gasteiger partial charge in [0.2, 0.25) is 5.91 Å². The number of carbonyl (C=O) groups excluding carboxylic acids is 1. The smallest absolute Gasteiger partial charge is 0.234 e. The lowest BCUT2D eigenvalue weighted by Gasteiger charge is -2.20. The highest BCUT2D eigenvalue weighted by molar-refractivity contribution is 5.77. The molecule has 0 saturated carbocycles. The molecule has 0 bridgehead atoms. The predicted octanol–water partition coefficient (Wildman–Crippen LogP) is 2.56. The molecule has 0 heterocycles. The molecule has 0 atom stereocenters. The third-order valence-electron chi connectivity index (χ3n) is 2.96. The van der Waals surface area contributed by atoms with Gasteiger partial charge in [0.15, 0.2) is 0 Å². The zero-order valence-electron chi connectivity index (χ0n) is 11.8. The summed E-state index contributed by atoms with van der Waals surface area (Å²) >= 11 is 0. The molecule has 4 heteroatoms. The summed E-state index contributed by atoms with van der Waals surface area (Å²) in [5.41, 5.74) is 0.892. The number of amides is 1. The summed E-state index contributed by atoms with van der Waals surface area (Å²) in [7, 11) is 0. The van der Waals surface area contributed by atoms with Crippen molar-refractivity contribution in [3.63, 3.8) is 0 Å². The van der Waals surface area contributed by atoms with E-state index in [9.17, 15) is 9.18 Å². The maximum Gasteiger partial charge on any atom is 0.234 e. The van der Waals surface area contributed by atoms with E-state index >= 15 is 0 Å². The lowest BCUT2D eigenvalue weighted by Crippen LogP contribution is -2.37. The van der Waals surface area contributed by atoms with E-state index < -0.39 is 0 Å². The number of nitrogens with one attached hydrogen (secondary N) is 1. The van der Waals surface area contributed by atoms with Crippen LogP contribution in [0.5, 0.6) is 0 Å². The molecule has 1 rings (SSSR count). The van der Waals surface area contributed by atoms with Crippen LogP contribution in [0, 0.1) is 5.82 Å². The molecule has 0 aliphatic heterocycles. The highest BCUT2D eigenvalue weighted by Gasteiger charge is 2.09. The highest BCUT2D eigenvalue weighted by atomic mass is 19.1. The molecule has 0 radical (unpaired) electrons. The molecule has 0 spiro atoms. The molecular weight excluding hydrogens is 243 g/mol. The maximum atomic E-state index is 13.1. The van der Waals surface area contributed by atoms with Gasteiger partial charge in [-0.2, -0.15) is 0 Å². The SMILES string of the molecule is CCCCNC(=O)CN(CC)Cc1cccc(F)c1. The minimum Gasteiger partial charge on any atom is -0.355 e. The molecule has 1 aromatic rings. The number of likely N-dealkylation sites (N-methyl/N-ethyl adjacent to an activating group) is 1. The Balaban J connectivity index is 2.43.